The first-order valence-corrected chi connectivity index (χ1v) is 6.28. The quantitative estimate of drug-likeness (QED) is 0.859. The molecule has 94 valence electrons. The molecule has 1 aromatic heterocycles. The third-order valence-electron chi connectivity index (χ3n) is 3.53. The van der Waals surface area contributed by atoms with Gasteiger partial charge in [-0.25, -0.2) is 0 Å². The summed E-state index contributed by atoms with van der Waals surface area (Å²) in [5.41, 5.74) is 5.63. The zero-order chi connectivity index (χ0) is 12.0. The number of ether oxygens (including phenoxy) is 1. The van der Waals surface area contributed by atoms with E-state index in [4.69, 9.17) is 15.0 Å². The van der Waals surface area contributed by atoms with E-state index in [1.54, 1.807) is 0 Å². The van der Waals surface area contributed by atoms with E-state index < -0.39 is 0 Å². The zero-order valence-corrected chi connectivity index (χ0v) is 10.3. The van der Waals surface area contributed by atoms with Crippen LogP contribution in [0.4, 0.5) is 0 Å². The molecule has 0 amide bonds. The van der Waals surface area contributed by atoms with Gasteiger partial charge in [0.15, 0.2) is 5.82 Å². The molecule has 5 heteroatoms. The summed E-state index contributed by atoms with van der Waals surface area (Å²) in [6.45, 7) is 3.91. The van der Waals surface area contributed by atoms with Crippen LogP contribution in [-0.4, -0.2) is 27.9 Å². The number of rotatable bonds is 3. The lowest BCUT2D eigenvalue weighted by molar-refractivity contribution is 0.0996. The van der Waals surface area contributed by atoms with E-state index in [9.17, 15) is 0 Å². The largest absolute Gasteiger partial charge is 0.374 e. The Balaban J connectivity index is 1.72. The van der Waals surface area contributed by atoms with Crippen molar-refractivity contribution < 1.29 is 9.26 Å². The molecule has 2 aliphatic rings. The van der Waals surface area contributed by atoms with Gasteiger partial charge in [-0.1, -0.05) is 5.16 Å². The van der Waals surface area contributed by atoms with Crippen molar-refractivity contribution in [2.24, 2.45) is 5.73 Å². The van der Waals surface area contributed by atoms with Crippen LogP contribution < -0.4 is 5.73 Å². The van der Waals surface area contributed by atoms with Crippen LogP contribution in [0.1, 0.15) is 50.7 Å². The molecule has 5 nitrogen and oxygen atoms in total. The molecule has 0 aliphatic carbocycles. The van der Waals surface area contributed by atoms with E-state index >= 15 is 0 Å². The number of nitrogens with two attached hydrogens (primary N) is 1. The predicted octanol–water partition coefficient (Wildman–Crippen LogP) is 1.38. The highest BCUT2D eigenvalue weighted by atomic mass is 16.5. The molecule has 0 spiro atoms. The van der Waals surface area contributed by atoms with E-state index in [1.165, 1.54) is 6.42 Å². The van der Waals surface area contributed by atoms with Gasteiger partial charge in [0.2, 0.25) is 5.89 Å². The van der Waals surface area contributed by atoms with Crippen LogP contribution in [0.5, 0.6) is 0 Å². The highest BCUT2D eigenvalue weighted by Gasteiger charge is 2.43. The van der Waals surface area contributed by atoms with Gasteiger partial charge in [-0.15, -0.1) is 0 Å². The summed E-state index contributed by atoms with van der Waals surface area (Å²) in [6, 6.07) is 0. The first kappa shape index (κ1) is 11.2. The van der Waals surface area contributed by atoms with Gasteiger partial charge in [-0.2, -0.15) is 4.98 Å². The van der Waals surface area contributed by atoms with Crippen LogP contribution in [0.25, 0.3) is 0 Å². The van der Waals surface area contributed by atoms with Gasteiger partial charge < -0.3 is 15.0 Å². The normalized spacial score (nSPS) is 32.3. The van der Waals surface area contributed by atoms with Crippen LogP contribution in [0.3, 0.4) is 0 Å². The standard InChI is InChI=1S/C12H19N3O2/c1-12(2,13)6-10-14-11(15-17-10)8-5-7-3-4-9(8)16-7/h7-9H,3-6,13H2,1-2H3. The Morgan fingerprint density at radius 3 is 2.82 bits per heavy atom. The molecule has 1 aromatic rings. The molecule has 3 atom stereocenters. The Hall–Kier alpha value is -0.940. The molecule has 2 bridgehead atoms. The summed E-state index contributed by atoms with van der Waals surface area (Å²) in [5.74, 6) is 1.76. The van der Waals surface area contributed by atoms with Gasteiger partial charge in [0, 0.05) is 12.0 Å². The van der Waals surface area contributed by atoms with Crippen LogP contribution >= 0.6 is 0 Å². The Morgan fingerprint density at radius 2 is 2.24 bits per heavy atom. The Labute approximate surface area is 101 Å². The van der Waals surface area contributed by atoms with Crippen molar-refractivity contribution >= 4 is 0 Å². The van der Waals surface area contributed by atoms with Crippen molar-refractivity contribution in [3.8, 4) is 0 Å². The van der Waals surface area contributed by atoms with E-state index in [-0.39, 0.29) is 5.54 Å². The Morgan fingerprint density at radius 1 is 1.41 bits per heavy atom. The first-order valence-electron chi connectivity index (χ1n) is 6.28. The maximum atomic E-state index is 5.94. The van der Waals surface area contributed by atoms with Crippen LogP contribution in [0.15, 0.2) is 4.52 Å². The lowest BCUT2D eigenvalue weighted by Gasteiger charge is -2.15. The fraction of sp³-hybridized carbons (Fsp3) is 0.833. The summed E-state index contributed by atoms with van der Waals surface area (Å²) in [6.07, 6.45) is 4.68. The molecule has 2 fully saturated rings. The van der Waals surface area contributed by atoms with Gasteiger partial charge in [0.1, 0.15) is 0 Å². The lowest BCUT2D eigenvalue weighted by atomic mass is 9.89. The lowest BCUT2D eigenvalue weighted by Crippen LogP contribution is -2.34. The van der Waals surface area contributed by atoms with E-state index in [1.807, 2.05) is 13.8 Å². The number of fused-ring (bicyclic) bond motifs is 2. The monoisotopic (exact) mass is 237 g/mol. The van der Waals surface area contributed by atoms with Gasteiger partial charge in [0.05, 0.1) is 18.1 Å². The molecule has 0 aromatic carbocycles. The molecule has 17 heavy (non-hydrogen) atoms. The van der Waals surface area contributed by atoms with Gasteiger partial charge in [-0.05, 0) is 33.1 Å². The molecule has 3 heterocycles. The summed E-state index contributed by atoms with van der Waals surface area (Å²) in [4.78, 5) is 4.46. The molecular formula is C12H19N3O2. The van der Waals surface area contributed by atoms with Gasteiger partial charge >= 0.3 is 0 Å². The summed E-state index contributed by atoms with van der Waals surface area (Å²) >= 11 is 0. The molecule has 2 saturated heterocycles. The second-order valence-electron chi connectivity index (χ2n) is 5.93. The number of nitrogens with zero attached hydrogens (tertiary/aromatic N) is 2. The summed E-state index contributed by atoms with van der Waals surface area (Å²) in [5, 5.41) is 4.08. The van der Waals surface area contributed by atoms with Crippen molar-refractivity contribution in [1.82, 2.24) is 10.1 Å². The molecule has 0 radical (unpaired) electrons. The van der Waals surface area contributed by atoms with Crippen molar-refractivity contribution in [1.29, 1.82) is 0 Å². The minimum absolute atomic E-state index is 0.302. The minimum atomic E-state index is -0.311. The van der Waals surface area contributed by atoms with Crippen molar-refractivity contribution in [2.75, 3.05) is 0 Å². The summed E-state index contributed by atoms with van der Waals surface area (Å²) in [7, 11) is 0. The van der Waals surface area contributed by atoms with Crippen molar-refractivity contribution in [3.63, 3.8) is 0 Å². The average molecular weight is 237 g/mol. The molecule has 3 rings (SSSR count). The number of hydrogen-bond acceptors (Lipinski definition) is 5. The fourth-order valence-corrected chi connectivity index (χ4v) is 2.79. The second kappa shape index (κ2) is 3.78. The van der Waals surface area contributed by atoms with Crippen LogP contribution in [-0.2, 0) is 11.2 Å². The molecular weight excluding hydrogens is 218 g/mol. The van der Waals surface area contributed by atoms with Crippen molar-refractivity contribution in [3.05, 3.63) is 11.7 Å². The number of hydrogen-bond donors (Lipinski definition) is 1. The average Bonchev–Trinajstić information content (AvgIpc) is 2.87. The SMILES string of the molecule is CC(C)(N)Cc1nc(C2CC3CCC2O3)no1. The Kier molecular flexibility index (Phi) is 2.48. The van der Waals surface area contributed by atoms with Crippen molar-refractivity contribution in [2.45, 2.75) is 63.2 Å². The Bertz CT molecular complexity index is 410. The number of aromatic nitrogens is 2. The van der Waals surface area contributed by atoms with E-state index in [2.05, 4.69) is 10.1 Å². The topological polar surface area (TPSA) is 74.2 Å². The molecule has 2 N–H and O–H groups in total. The van der Waals surface area contributed by atoms with Gasteiger partial charge in [-0.3, -0.25) is 0 Å². The zero-order valence-electron chi connectivity index (χ0n) is 10.3. The van der Waals surface area contributed by atoms with E-state index in [0.717, 1.165) is 18.7 Å². The summed E-state index contributed by atoms with van der Waals surface area (Å²) < 4.78 is 11.1. The maximum absolute atomic E-state index is 5.94. The smallest absolute Gasteiger partial charge is 0.228 e. The third-order valence-corrected chi connectivity index (χ3v) is 3.53. The minimum Gasteiger partial charge on any atom is -0.374 e. The van der Waals surface area contributed by atoms with E-state index in [0.29, 0.717) is 30.4 Å². The van der Waals surface area contributed by atoms with Gasteiger partial charge in [0.25, 0.3) is 0 Å². The second-order valence-corrected chi connectivity index (χ2v) is 5.93. The highest BCUT2D eigenvalue weighted by molar-refractivity contribution is 5.07. The third kappa shape index (κ3) is 2.21. The van der Waals surface area contributed by atoms with Crippen LogP contribution in [0, 0.1) is 0 Å². The fourth-order valence-electron chi connectivity index (χ4n) is 2.79. The van der Waals surface area contributed by atoms with Crippen LogP contribution in [0.2, 0.25) is 0 Å². The molecule has 3 unspecified atom stereocenters. The first-order chi connectivity index (χ1) is 8.01. The maximum Gasteiger partial charge on any atom is 0.228 e. The molecule has 2 aliphatic heterocycles. The predicted molar refractivity (Wildman–Crippen MR) is 61.5 cm³/mol. The highest BCUT2D eigenvalue weighted by Crippen LogP contribution is 2.43. The molecule has 0 saturated carbocycles.